The van der Waals surface area contributed by atoms with E-state index in [0.717, 1.165) is 17.4 Å². The number of hydrogen-bond donors (Lipinski definition) is 0. The van der Waals surface area contributed by atoms with Crippen LogP contribution < -0.4 is 0 Å². The van der Waals surface area contributed by atoms with Crippen molar-refractivity contribution in [2.45, 2.75) is 12.3 Å². The molecule has 1 nitrogen and oxygen atoms in total. The third-order valence-electron chi connectivity index (χ3n) is 2.19. The summed E-state index contributed by atoms with van der Waals surface area (Å²) >= 11 is 3.42. The molecule has 1 atom stereocenters. The highest BCUT2D eigenvalue weighted by Gasteiger charge is 2.12. The maximum Gasteiger partial charge on any atom is 0.0457 e. The van der Waals surface area contributed by atoms with Crippen LogP contribution in [0.2, 0.25) is 0 Å². The Morgan fingerprint density at radius 1 is 1.25 bits per heavy atom. The molecule has 1 aliphatic rings. The number of benzene rings is 1. The van der Waals surface area contributed by atoms with Crippen LogP contribution in [0.3, 0.4) is 0 Å². The summed E-state index contributed by atoms with van der Waals surface area (Å²) in [6.45, 7) is 0.960. The van der Waals surface area contributed by atoms with Crippen molar-refractivity contribution in [3.63, 3.8) is 0 Å². The summed E-state index contributed by atoms with van der Waals surface area (Å²) in [5, 5.41) is 0. The van der Waals surface area contributed by atoms with Gasteiger partial charge < -0.3 is 0 Å². The first-order valence-corrected chi connectivity index (χ1v) is 4.89. The lowest BCUT2D eigenvalue weighted by Gasteiger charge is -2.07. The number of aliphatic imine (C=N–C) groups is 1. The van der Waals surface area contributed by atoms with Gasteiger partial charge in [0.2, 0.25) is 0 Å². The Morgan fingerprint density at radius 3 is 2.58 bits per heavy atom. The number of halogens is 1. The van der Waals surface area contributed by atoms with Crippen LogP contribution in [0.4, 0.5) is 0 Å². The van der Waals surface area contributed by atoms with Crippen molar-refractivity contribution >= 4 is 22.1 Å². The van der Waals surface area contributed by atoms with Crippen LogP contribution in [0.1, 0.15) is 17.9 Å². The average molecular weight is 224 g/mol. The van der Waals surface area contributed by atoms with Crippen LogP contribution >= 0.6 is 15.9 Å². The quantitative estimate of drug-likeness (QED) is 0.695. The molecule has 0 amide bonds. The highest BCUT2D eigenvalue weighted by molar-refractivity contribution is 9.10. The van der Waals surface area contributed by atoms with Gasteiger partial charge in [-0.15, -0.1) is 0 Å². The smallest absolute Gasteiger partial charge is 0.0457 e. The molecule has 1 aromatic rings. The fourth-order valence-corrected chi connectivity index (χ4v) is 1.72. The van der Waals surface area contributed by atoms with Crippen LogP contribution in [0.5, 0.6) is 0 Å². The Kier molecular flexibility index (Phi) is 2.26. The van der Waals surface area contributed by atoms with Gasteiger partial charge in [-0.2, -0.15) is 0 Å². The molecule has 0 radical (unpaired) electrons. The van der Waals surface area contributed by atoms with Crippen LogP contribution in [0.25, 0.3) is 0 Å². The molecule has 1 aliphatic heterocycles. The minimum atomic E-state index is 0.623. The van der Waals surface area contributed by atoms with Crippen LogP contribution in [0.15, 0.2) is 33.7 Å². The minimum Gasteiger partial charge on any atom is -0.297 e. The zero-order chi connectivity index (χ0) is 8.39. The fraction of sp³-hybridized carbons (Fsp3) is 0.300. The van der Waals surface area contributed by atoms with Gasteiger partial charge in [-0.05, 0) is 30.3 Å². The molecule has 2 heteroatoms. The standard InChI is InChI=1S/C10H10BrN/c11-10-3-1-8(2-4-10)9-5-6-12-7-9/h1-4,6,9H,5,7H2. The van der Waals surface area contributed by atoms with E-state index in [0.29, 0.717) is 5.92 Å². The van der Waals surface area contributed by atoms with Gasteiger partial charge in [0, 0.05) is 16.9 Å². The summed E-state index contributed by atoms with van der Waals surface area (Å²) in [6, 6.07) is 8.52. The first-order valence-electron chi connectivity index (χ1n) is 4.10. The molecule has 0 saturated heterocycles. The van der Waals surface area contributed by atoms with Gasteiger partial charge in [-0.25, -0.2) is 0 Å². The molecule has 1 unspecified atom stereocenters. The lowest BCUT2D eigenvalue weighted by Crippen LogP contribution is -1.96. The average Bonchev–Trinajstić information content (AvgIpc) is 2.58. The van der Waals surface area contributed by atoms with E-state index in [1.165, 1.54) is 5.56 Å². The van der Waals surface area contributed by atoms with Gasteiger partial charge in [0.15, 0.2) is 0 Å². The molecule has 0 saturated carbocycles. The maximum atomic E-state index is 4.23. The Hall–Kier alpha value is -0.630. The van der Waals surface area contributed by atoms with Gasteiger partial charge in [0.05, 0.1) is 0 Å². The predicted molar refractivity (Wildman–Crippen MR) is 54.9 cm³/mol. The van der Waals surface area contributed by atoms with E-state index < -0.39 is 0 Å². The fourth-order valence-electron chi connectivity index (χ4n) is 1.45. The topological polar surface area (TPSA) is 12.4 Å². The van der Waals surface area contributed by atoms with Crippen molar-refractivity contribution in [1.29, 1.82) is 0 Å². The highest BCUT2D eigenvalue weighted by atomic mass is 79.9. The summed E-state index contributed by atoms with van der Waals surface area (Å²) < 4.78 is 1.14. The van der Waals surface area contributed by atoms with Crippen LogP contribution in [-0.4, -0.2) is 12.8 Å². The second kappa shape index (κ2) is 3.40. The largest absolute Gasteiger partial charge is 0.297 e. The van der Waals surface area contributed by atoms with E-state index in [-0.39, 0.29) is 0 Å². The molecule has 12 heavy (non-hydrogen) atoms. The molecule has 62 valence electrons. The van der Waals surface area contributed by atoms with Gasteiger partial charge in [-0.3, -0.25) is 4.99 Å². The van der Waals surface area contributed by atoms with Crippen molar-refractivity contribution in [3.05, 3.63) is 34.3 Å². The number of rotatable bonds is 1. The van der Waals surface area contributed by atoms with Gasteiger partial charge in [0.25, 0.3) is 0 Å². The molecule has 1 heterocycles. The van der Waals surface area contributed by atoms with E-state index >= 15 is 0 Å². The Labute approximate surface area is 80.6 Å². The first kappa shape index (κ1) is 7.99. The summed E-state index contributed by atoms with van der Waals surface area (Å²) in [5.41, 5.74) is 1.40. The number of nitrogens with zero attached hydrogens (tertiary/aromatic N) is 1. The molecule has 0 fully saturated rings. The van der Waals surface area contributed by atoms with Gasteiger partial charge >= 0.3 is 0 Å². The highest BCUT2D eigenvalue weighted by Crippen LogP contribution is 2.23. The lowest BCUT2D eigenvalue weighted by atomic mass is 9.98. The van der Waals surface area contributed by atoms with E-state index in [4.69, 9.17) is 0 Å². The van der Waals surface area contributed by atoms with Gasteiger partial charge in [-0.1, -0.05) is 28.1 Å². The zero-order valence-corrected chi connectivity index (χ0v) is 8.29. The van der Waals surface area contributed by atoms with Crippen LogP contribution in [0, 0.1) is 0 Å². The maximum absolute atomic E-state index is 4.23. The lowest BCUT2D eigenvalue weighted by molar-refractivity contribution is 0.780. The summed E-state index contributed by atoms with van der Waals surface area (Å²) in [7, 11) is 0. The van der Waals surface area contributed by atoms with Crippen molar-refractivity contribution in [2.75, 3.05) is 6.54 Å². The molecule has 0 aliphatic carbocycles. The summed E-state index contributed by atoms with van der Waals surface area (Å²) in [6.07, 6.45) is 3.12. The van der Waals surface area contributed by atoms with E-state index in [1.807, 2.05) is 6.21 Å². The Bertz CT molecular complexity index is 281. The molecular weight excluding hydrogens is 214 g/mol. The van der Waals surface area contributed by atoms with E-state index in [1.54, 1.807) is 0 Å². The summed E-state index contributed by atoms with van der Waals surface area (Å²) in [4.78, 5) is 4.23. The third-order valence-corrected chi connectivity index (χ3v) is 2.71. The minimum absolute atomic E-state index is 0.623. The summed E-state index contributed by atoms with van der Waals surface area (Å²) in [5.74, 6) is 0.623. The van der Waals surface area contributed by atoms with Crippen molar-refractivity contribution < 1.29 is 0 Å². The monoisotopic (exact) mass is 223 g/mol. The molecule has 1 aromatic carbocycles. The second-order valence-corrected chi connectivity index (χ2v) is 3.95. The normalized spacial score (nSPS) is 21.6. The second-order valence-electron chi connectivity index (χ2n) is 3.03. The Morgan fingerprint density at radius 2 is 2.00 bits per heavy atom. The zero-order valence-electron chi connectivity index (χ0n) is 6.70. The molecule has 0 aromatic heterocycles. The molecule has 2 rings (SSSR count). The molecular formula is C10H10BrN. The predicted octanol–water partition coefficient (Wildman–Crippen LogP) is 3.01. The Balaban J connectivity index is 2.18. The van der Waals surface area contributed by atoms with E-state index in [9.17, 15) is 0 Å². The molecule has 0 spiro atoms. The first-order chi connectivity index (χ1) is 5.86. The van der Waals surface area contributed by atoms with Crippen molar-refractivity contribution in [1.82, 2.24) is 0 Å². The molecule has 0 bridgehead atoms. The van der Waals surface area contributed by atoms with Gasteiger partial charge in [0.1, 0.15) is 0 Å². The van der Waals surface area contributed by atoms with E-state index in [2.05, 4.69) is 45.2 Å². The SMILES string of the molecule is Brc1ccc(C2CC=NC2)cc1. The van der Waals surface area contributed by atoms with Crippen molar-refractivity contribution in [2.24, 2.45) is 4.99 Å². The third kappa shape index (κ3) is 1.58. The molecule has 0 N–H and O–H groups in total. The number of hydrogen-bond acceptors (Lipinski definition) is 1. The van der Waals surface area contributed by atoms with Crippen molar-refractivity contribution in [3.8, 4) is 0 Å². The van der Waals surface area contributed by atoms with Crippen LogP contribution in [-0.2, 0) is 0 Å².